The van der Waals surface area contributed by atoms with Gasteiger partial charge in [-0.2, -0.15) is 0 Å². The Labute approximate surface area is 113 Å². The Hall–Kier alpha value is -0.870. The maximum Gasteiger partial charge on any atom is 0.143 e. The summed E-state index contributed by atoms with van der Waals surface area (Å²) in [5, 5.41) is 2.19. The zero-order chi connectivity index (χ0) is 11.8. The predicted octanol–water partition coefficient (Wildman–Crippen LogP) is 4.03. The fourth-order valence-electron chi connectivity index (χ4n) is 2.39. The van der Waals surface area contributed by atoms with E-state index in [1.165, 1.54) is 10.4 Å². The van der Waals surface area contributed by atoms with Gasteiger partial charge in [0.25, 0.3) is 0 Å². The van der Waals surface area contributed by atoms with Gasteiger partial charge in [-0.25, -0.2) is 4.98 Å². The van der Waals surface area contributed by atoms with Crippen LogP contribution in [-0.2, 0) is 6.42 Å². The molecule has 2 nitrogen and oxygen atoms in total. The Kier molecular flexibility index (Phi) is 2.92. The summed E-state index contributed by atoms with van der Waals surface area (Å²) in [6.45, 7) is 3.30. The maximum atomic E-state index is 4.49. The minimum Gasteiger partial charge on any atom is -0.349 e. The fraction of sp³-hybridized carbons (Fsp3) is 0.308. The van der Waals surface area contributed by atoms with Gasteiger partial charge in [-0.15, -0.1) is 11.3 Å². The summed E-state index contributed by atoms with van der Waals surface area (Å²) in [6.07, 6.45) is 2.98. The molecule has 1 aliphatic rings. The summed E-state index contributed by atoms with van der Waals surface area (Å²) in [5.41, 5.74) is 1.46. The Balaban J connectivity index is 2.00. The van der Waals surface area contributed by atoms with Crippen LogP contribution in [0, 0.1) is 0 Å². The molecule has 0 radical (unpaired) electrons. The summed E-state index contributed by atoms with van der Waals surface area (Å²) in [4.78, 5) is 8.39. The van der Waals surface area contributed by atoms with Crippen molar-refractivity contribution in [2.45, 2.75) is 19.4 Å². The van der Waals surface area contributed by atoms with Gasteiger partial charge in [-0.1, -0.05) is 0 Å². The molecule has 0 saturated heterocycles. The SMILES string of the molecule is CC1c2ccsc2CCN1c1ncccc1Br. The molecule has 0 amide bonds. The number of hydrogen-bond acceptors (Lipinski definition) is 3. The number of thiophene rings is 1. The van der Waals surface area contributed by atoms with Crippen molar-refractivity contribution < 1.29 is 0 Å². The molecule has 1 unspecified atom stereocenters. The van der Waals surface area contributed by atoms with Crippen molar-refractivity contribution in [3.63, 3.8) is 0 Å². The topological polar surface area (TPSA) is 16.1 Å². The van der Waals surface area contributed by atoms with Gasteiger partial charge in [0.1, 0.15) is 5.82 Å². The first-order valence-corrected chi connectivity index (χ1v) is 7.38. The van der Waals surface area contributed by atoms with Crippen LogP contribution in [0.25, 0.3) is 0 Å². The molecular formula is C13H13BrN2S. The number of nitrogens with zero attached hydrogens (tertiary/aromatic N) is 2. The van der Waals surface area contributed by atoms with Crippen molar-refractivity contribution in [2.24, 2.45) is 0 Å². The molecule has 0 aromatic carbocycles. The molecule has 3 heterocycles. The third-order valence-corrected chi connectivity index (χ3v) is 4.90. The third kappa shape index (κ3) is 1.89. The Morgan fingerprint density at radius 3 is 3.18 bits per heavy atom. The molecule has 0 N–H and O–H groups in total. The van der Waals surface area contributed by atoms with E-state index in [-0.39, 0.29) is 0 Å². The lowest BCUT2D eigenvalue weighted by atomic mass is 10.0. The summed E-state index contributed by atoms with van der Waals surface area (Å²) in [7, 11) is 0. The third-order valence-electron chi connectivity index (χ3n) is 3.29. The highest BCUT2D eigenvalue weighted by Gasteiger charge is 2.26. The standard InChI is InChI=1S/C13H13BrN2S/c1-9-10-5-8-17-12(10)4-7-16(9)13-11(14)3-2-6-15-13/h2-3,5-6,8-9H,4,7H2,1H3. The fourth-order valence-corrected chi connectivity index (χ4v) is 3.83. The van der Waals surface area contributed by atoms with E-state index in [9.17, 15) is 0 Å². The highest BCUT2D eigenvalue weighted by molar-refractivity contribution is 9.10. The zero-order valence-electron chi connectivity index (χ0n) is 9.56. The van der Waals surface area contributed by atoms with Crippen LogP contribution in [0.1, 0.15) is 23.4 Å². The van der Waals surface area contributed by atoms with Crippen LogP contribution in [0.3, 0.4) is 0 Å². The van der Waals surface area contributed by atoms with E-state index in [1.54, 1.807) is 0 Å². The van der Waals surface area contributed by atoms with Crippen molar-refractivity contribution in [1.29, 1.82) is 0 Å². The van der Waals surface area contributed by atoms with Gasteiger partial charge in [0.15, 0.2) is 0 Å². The molecular weight excluding hydrogens is 296 g/mol. The molecule has 0 spiro atoms. The summed E-state index contributed by atoms with van der Waals surface area (Å²) in [6, 6.07) is 6.67. The molecule has 0 fully saturated rings. The average molecular weight is 309 g/mol. The number of fused-ring (bicyclic) bond motifs is 1. The largest absolute Gasteiger partial charge is 0.349 e. The number of aromatic nitrogens is 1. The molecule has 3 rings (SSSR count). The minimum atomic E-state index is 0.413. The molecule has 1 atom stereocenters. The van der Waals surface area contributed by atoms with E-state index < -0.39 is 0 Å². The first-order chi connectivity index (χ1) is 8.27. The minimum absolute atomic E-state index is 0.413. The molecule has 0 bridgehead atoms. The molecule has 2 aromatic heterocycles. The van der Waals surface area contributed by atoms with Crippen LogP contribution in [0.4, 0.5) is 5.82 Å². The molecule has 0 saturated carbocycles. The van der Waals surface area contributed by atoms with E-state index in [2.05, 4.69) is 50.3 Å². The van der Waals surface area contributed by atoms with E-state index in [0.717, 1.165) is 23.3 Å². The predicted molar refractivity (Wildman–Crippen MR) is 75.7 cm³/mol. The van der Waals surface area contributed by atoms with Gasteiger partial charge in [0.05, 0.1) is 10.5 Å². The second-order valence-corrected chi connectivity index (χ2v) is 6.08. The van der Waals surface area contributed by atoms with Gasteiger partial charge >= 0.3 is 0 Å². The lowest BCUT2D eigenvalue weighted by Gasteiger charge is -2.35. The zero-order valence-corrected chi connectivity index (χ0v) is 12.0. The maximum absolute atomic E-state index is 4.49. The monoisotopic (exact) mass is 308 g/mol. The van der Waals surface area contributed by atoms with Crippen molar-refractivity contribution >= 4 is 33.1 Å². The second-order valence-electron chi connectivity index (χ2n) is 4.23. The Bertz CT molecular complexity index is 538. The van der Waals surface area contributed by atoms with Gasteiger partial charge in [-0.3, -0.25) is 0 Å². The van der Waals surface area contributed by atoms with E-state index in [4.69, 9.17) is 0 Å². The molecule has 1 aliphatic heterocycles. The van der Waals surface area contributed by atoms with E-state index in [0.29, 0.717) is 6.04 Å². The number of halogens is 1. The van der Waals surface area contributed by atoms with Crippen molar-refractivity contribution in [1.82, 2.24) is 4.98 Å². The van der Waals surface area contributed by atoms with Crippen LogP contribution in [0.5, 0.6) is 0 Å². The quantitative estimate of drug-likeness (QED) is 0.790. The molecule has 17 heavy (non-hydrogen) atoms. The van der Waals surface area contributed by atoms with Crippen LogP contribution < -0.4 is 4.90 Å². The van der Waals surface area contributed by atoms with Crippen molar-refractivity contribution in [3.05, 3.63) is 44.7 Å². The lowest BCUT2D eigenvalue weighted by Crippen LogP contribution is -2.33. The van der Waals surface area contributed by atoms with E-state index >= 15 is 0 Å². The number of pyridine rings is 1. The van der Waals surface area contributed by atoms with E-state index in [1.807, 2.05) is 23.6 Å². The normalized spacial score (nSPS) is 19.2. The average Bonchev–Trinajstić information content (AvgIpc) is 2.80. The number of rotatable bonds is 1. The van der Waals surface area contributed by atoms with Crippen LogP contribution in [0.2, 0.25) is 0 Å². The smallest absolute Gasteiger partial charge is 0.143 e. The van der Waals surface area contributed by atoms with Crippen LogP contribution in [0.15, 0.2) is 34.2 Å². The molecule has 88 valence electrons. The molecule has 0 aliphatic carbocycles. The highest BCUT2D eigenvalue weighted by atomic mass is 79.9. The summed E-state index contributed by atoms with van der Waals surface area (Å²) in [5.74, 6) is 1.05. The first kappa shape index (κ1) is 11.2. The van der Waals surface area contributed by atoms with Gasteiger partial charge in [0, 0.05) is 17.6 Å². The highest BCUT2D eigenvalue weighted by Crippen LogP contribution is 2.37. The summed E-state index contributed by atoms with van der Waals surface area (Å²) < 4.78 is 1.07. The summed E-state index contributed by atoms with van der Waals surface area (Å²) >= 11 is 5.46. The Morgan fingerprint density at radius 2 is 2.35 bits per heavy atom. The van der Waals surface area contributed by atoms with Crippen LogP contribution in [-0.4, -0.2) is 11.5 Å². The number of anilines is 1. The second kappa shape index (κ2) is 4.42. The van der Waals surface area contributed by atoms with Crippen LogP contribution >= 0.6 is 27.3 Å². The molecule has 2 aromatic rings. The van der Waals surface area contributed by atoms with Gasteiger partial charge in [0.2, 0.25) is 0 Å². The van der Waals surface area contributed by atoms with Gasteiger partial charge < -0.3 is 4.90 Å². The molecule has 4 heteroatoms. The van der Waals surface area contributed by atoms with Crippen molar-refractivity contribution in [2.75, 3.05) is 11.4 Å². The van der Waals surface area contributed by atoms with Crippen molar-refractivity contribution in [3.8, 4) is 0 Å². The first-order valence-electron chi connectivity index (χ1n) is 5.71. The van der Waals surface area contributed by atoms with Gasteiger partial charge in [-0.05, 0) is 58.4 Å². The lowest BCUT2D eigenvalue weighted by molar-refractivity contribution is 0.623. The number of hydrogen-bond donors (Lipinski definition) is 0. The Morgan fingerprint density at radius 1 is 1.47 bits per heavy atom.